The van der Waals surface area contributed by atoms with Crippen LogP contribution in [-0.4, -0.2) is 24.1 Å². The molecule has 1 aromatic rings. The number of aromatic nitrogens is 1. The smallest absolute Gasteiger partial charge is 0.246 e. The number of carbonyl (C=O) groups excluding carboxylic acids is 1. The summed E-state index contributed by atoms with van der Waals surface area (Å²) in [4.78, 5) is 15.5. The van der Waals surface area contributed by atoms with Gasteiger partial charge in [0.1, 0.15) is 6.61 Å². The molecule has 4 nitrogen and oxygen atoms in total. The third kappa shape index (κ3) is 4.08. The Kier molecular flexibility index (Phi) is 4.77. The van der Waals surface area contributed by atoms with E-state index in [2.05, 4.69) is 10.3 Å². The number of hydrogen-bond acceptors (Lipinski definition) is 3. The van der Waals surface area contributed by atoms with Crippen LogP contribution in [-0.2, 0) is 9.53 Å². The Morgan fingerprint density at radius 1 is 1.60 bits per heavy atom. The van der Waals surface area contributed by atoms with Crippen molar-refractivity contribution in [3.63, 3.8) is 0 Å². The molecule has 1 amide bonds. The average molecular weight is 208 g/mol. The molecule has 0 saturated heterocycles. The summed E-state index contributed by atoms with van der Waals surface area (Å²) < 4.78 is 5.00. The molecule has 15 heavy (non-hydrogen) atoms. The second kappa shape index (κ2) is 6.14. The van der Waals surface area contributed by atoms with Crippen molar-refractivity contribution in [2.45, 2.75) is 19.9 Å². The maximum Gasteiger partial charge on any atom is 0.246 e. The number of ether oxygens (including phenoxy) is 1. The molecular formula is C11H16N2O2. The lowest BCUT2D eigenvalue weighted by molar-refractivity contribution is -0.126. The van der Waals surface area contributed by atoms with Gasteiger partial charge in [-0.1, -0.05) is 6.07 Å². The first-order chi connectivity index (χ1) is 7.24. The molecule has 82 valence electrons. The molecular weight excluding hydrogens is 192 g/mol. The molecule has 0 radical (unpaired) electrons. The van der Waals surface area contributed by atoms with Gasteiger partial charge >= 0.3 is 0 Å². The Balaban J connectivity index is 2.42. The van der Waals surface area contributed by atoms with Crippen LogP contribution in [0.4, 0.5) is 0 Å². The van der Waals surface area contributed by atoms with Crippen LogP contribution in [0, 0.1) is 0 Å². The van der Waals surface area contributed by atoms with Crippen LogP contribution in [0.5, 0.6) is 0 Å². The predicted octanol–water partition coefficient (Wildman–Crippen LogP) is 1.30. The quantitative estimate of drug-likeness (QED) is 0.793. The Morgan fingerprint density at radius 2 is 2.40 bits per heavy atom. The molecule has 0 aromatic carbocycles. The highest BCUT2D eigenvalue weighted by molar-refractivity contribution is 5.77. The van der Waals surface area contributed by atoms with Gasteiger partial charge in [-0.25, -0.2) is 0 Å². The van der Waals surface area contributed by atoms with E-state index in [4.69, 9.17) is 4.74 Å². The minimum absolute atomic E-state index is 0.0841. The summed E-state index contributed by atoms with van der Waals surface area (Å²) in [5, 5.41) is 2.80. The molecule has 0 aliphatic rings. The largest absolute Gasteiger partial charge is 0.372 e. The first-order valence-corrected chi connectivity index (χ1v) is 5.02. The first-order valence-electron chi connectivity index (χ1n) is 5.02. The van der Waals surface area contributed by atoms with Gasteiger partial charge in [0.2, 0.25) is 5.91 Å². The Hall–Kier alpha value is -1.42. The molecule has 4 heteroatoms. The van der Waals surface area contributed by atoms with Crippen LogP contribution in [0.25, 0.3) is 0 Å². The van der Waals surface area contributed by atoms with Crippen molar-refractivity contribution < 1.29 is 9.53 Å². The molecule has 0 saturated carbocycles. The number of rotatable bonds is 5. The molecule has 0 aliphatic heterocycles. The molecule has 1 heterocycles. The monoisotopic (exact) mass is 208 g/mol. The first kappa shape index (κ1) is 11.7. The van der Waals surface area contributed by atoms with Crippen molar-refractivity contribution in [2.24, 2.45) is 0 Å². The third-order valence-corrected chi connectivity index (χ3v) is 1.95. The molecule has 0 fully saturated rings. The number of amides is 1. The minimum atomic E-state index is -0.116. The van der Waals surface area contributed by atoms with Gasteiger partial charge in [-0.3, -0.25) is 9.78 Å². The summed E-state index contributed by atoms with van der Waals surface area (Å²) in [5.74, 6) is -0.116. The predicted molar refractivity (Wildman–Crippen MR) is 57.3 cm³/mol. The summed E-state index contributed by atoms with van der Waals surface area (Å²) in [7, 11) is 0. The highest BCUT2D eigenvalue weighted by Crippen LogP contribution is 2.07. The van der Waals surface area contributed by atoms with Crippen LogP contribution >= 0.6 is 0 Å². The van der Waals surface area contributed by atoms with E-state index < -0.39 is 0 Å². The third-order valence-electron chi connectivity index (χ3n) is 1.95. The standard InChI is InChI=1S/C11H16N2O2/c1-3-15-8-11(14)13-9(2)10-6-4-5-7-12-10/h4-7,9H,3,8H2,1-2H3,(H,13,14)/t9-/m1/s1. The Morgan fingerprint density at radius 3 is 3.00 bits per heavy atom. The Bertz CT molecular complexity index is 301. The SMILES string of the molecule is CCOCC(=O)N[C@H](C)c1ccccn1. The number of pyridine rings is 1. The number of hydrogen-bond donors (Lipinski definition) is 1. The molecule has 0 spiro atoms. The summed E-state index contributed by atoms with van der Waals surface area (Å²) in [6, 6.07) is 5.54. The zero-order valence-electron chi connectivity index (χ0n) is 9.06. The fraction of sp³-hybridized carbons (Fsp3) is 0.455. The summed E-state index contributed by atoms with van der Waals surface area (Å²) in [5.41, 5.74) is 0.849. The summed E-state index contributed by atoms with van der Waals surface area (Å²) >= 11 is 0. The molecule has 0 unspecified atom stereocenters. The second-order valence-corrected chi connectivity index (χ2v) is 3.18. The van der Waals surface area contributed by atoms with E-state index >= 15 is 0 Å². The summed E-state index contributed by atoms with van der Waals surface area (Å²) in [6.07, 6.45) is 1.71. The molecule has 0 bridgehead atoms. The highest BCUT2D eigenvalue weighted by atomic mass is 16.5. The number of carbonyl (C=O) groups is 1. The van der Waals surface area contributed by atoms with E-state index in [-0.39, 0.29) is 18.6 Å². The topological polar surface area (TPSA) is 51.2 Å². The normalized spacial score (nSPS) is 12.1. The highest BCUT2D eigenvalue weighted by Gasteiger charge is 2.09. The van der Waals surface area contributed by atoms with Gasteiger partial charge in [-0.2, -0.15) is 0 Å². The maximum absolute atomic E-state index is 11.3. The molecule has 1 aromatic heterocycles. The zero-order valence-corrected chi connectivity index (χ0v) is 9.06. The van der Waals surface area contributed by atoms with Crippen molar-refractivity contribution >= 4 is 5.91 Å². The van der Waals surface area contributed by atoms with Gasteiger partial charge in [-0.05, 0) is 26.0 Å². The van der Waals surface area contributed by atoms with E-state index in [0.717, 1.165) is 5.69 Å². The van der Waals surface area contributed by atoms with Crippen molar-refractivity contribution in [3.8, 4) is 0 Å². The van der Waals surface area contributed by atoms with Crippen LogP contribution in [0.15, 0.2) is 24.4 Å². The molecule has 0 aliphatic carbocycles. The second-order valence-electron chi connectivity index (χ2n) is 3.18. The van der Waals surface area contributed by atoms with E-state index in [0.29, 0.717) is 6.61 Å². The number of nitrogens with one attached hydrogen (secondary N) is 1. The van der Waals surface area contributed by atoms with E-state index in [1.165, 1.54) is 0 Å². The van der Waals surface area contributed by atoms with Gasteiger partial charge in [0.15, 0.2) is 0 Å². The molecule has 1 N–H and O–H groups in total. The fourth-order valence-corrected chi connectivity index (χ4v) is 1.18. The van der Waals surface area contributed by atoms with Crippen molar-refractivity contribution in [1.29, 1.82) is 0 Å². The minimum Gasteiger partial charge on any atom is -0.372 e. The van der Waals surface area contributed by atoms with E-state index in [1.54, 1.807) is 6.20 Å². The Labute approximate surface area is 89.7 Å². The lowest BCUT2D eigenvalue weighted by Gasteiger charge is -2.12. The van der Waals surface area contributed by atoms with Crippen molar-refractivity contribution in [3.05, 3.63) is 30.1 Å². The van der Waals surface area contributed by atoms with Gasteiger partial charge in [0.25, 0.3) is 0 Å². The molecule has 1 rings (SSSR count). The van der Waals surface area contributed by atoms with E-state index in [9.17, 15) is 4.79 Å². The van der Waals surface area contributed by atoms with Crippen LogP contribution in [0.3, 0.4) is 0 Å². The van der Waals surface area contributed by atoms with Gasteiger partial charge in [0, 0.05) is 12.8 Å². The maximum atomic E-state index is 11.3. The average Bonchev–Trinajstić information content (AvgIpc) is 2.27. The molecule has 1 atom stereocenters. The van der Waals surface area contributed by atoms with Crippen molar-refractivity contribution in [1.82, 2.24) is 10.3 Å². The lowest BCUT2D eigenvalue weighted by atomic mass is 10.2. The van der Waals surface area contributed by atoms with Crippen LogP contribution < -0.4 is 5.32 Å². The van der Waals surface area contributed by atoms with Gasteiger partial charge in [0.05, 0.1) is 11.7 Å². The lowest BCUT2D eigenvalue weighted by Crippen LogP contribution is -2.30. The zero-order chi connectivity index (χ0) is 11.1. The van der Waals surface area contributed by atoms with Crippen LogP contribution in [0.1, 0.15) is 25.6 Å². The van der Waals surface area contributed by atoms with Gasteiger partial charge < -0.3 is 10.1 Å². The van der Waals surface area contributed by atoms with Gasteiger partial charge in [-0.15, -0.1) is 0 Å². The summed E-state index contributed by atoms with van der Waals surface area (Å²) in [6.45, 7) is 4.40. The van der Waals surface area contributed by atoms with E-state index in [1.807, 2.05) is 32.0 Å². The van der Waals surface area contributed by atoms with Crippen LogP contribution in [0.2, 0.25) is 0 Å². The number of nitrogens with zero attached hydrogens (tertiary/aromatic N) is 1. The van der Waals surface area contributed by atoms with Crippen molar-refractivity contribution in [2.75, 3.05) is 13.2 Å². The fourth-order valence-electron chi connectivity index (χ4n) is 1.18.